The van der Waals surface area contributed by atoms with Gasteiger partial charge in [0.05, 0.1) is 0 Å². The Hall–Kier alpha value is -1.06. The second kappa shape index (κ2) is 3.37. The Labute approximate surface area is 65.1 Å². The third-order valence-electron chi connectivity index (χ3n) is 1.60. The van der Waals surface area contributed by atoms with Crippen LogP contribution in [0.1, 0.15) is 19.8 Å². The molecule has 1 fully saturated rings. The van der Waals surface area contributed by atoms with Gasteiger partial charge in [-0.2, -0.15) is 0 Å². The molecule has 0 spiro atoms. The highest BCUT2D eigenvalue weighted by molar-refractivity contribution is 5.83. The van der Waals surface area contributed by atoms with Crippen LogP contribution in [-0.4, -0.2) is 30.1 Å². The highest BCUT2D eigenvalue weighted by atomic mass is 16.6. The number of ether oxygens (including phenoxy) is 1. The van der Waals surface area contributed by atoms with Crippen molar-refractivity contribution in [3.05, 3.63) is 0 Å². The van der Waals surface area contributed by atoms with Crippen molar-refractivity contribution in [2.45, 2.75) is 19.8 Å². The van der Waals surface area contributed by atoms with Crippen molar-refractivity contribution in [3.63, 3.8) is 0 Å². The maximum Gasteiger partial charge on any atom is 0.417 e. The molecule has 1 amide bonds. The summed E-state index contributed by atoms with van der Waals surface area (Å²) < 4.78 is 4.38. The number of carbonyl (C=O) groups is 2. The van der Waals surface area contributed by atoms with Gasteiger partial charge in [0, 0.05) is 20.0 Å². The van der Waals surface area contributed by atoms with Crippen LogP contribution in [0.3, 0.4) is 0 Å². The van der Waals surface area contributed by atoms with Gasteiger partial charge in [-0.25, -0.2) is 4.79 Å². The number of esters is 1. The van der Waals surface area contributed by atoms with Crippen LogP contribution >= 0.6 is 0 Å². The third-order valence-corrected chi connectivity index (χ3v) is 1.60. The molecule has 0 unspecified atom stereocenters. The lowest BCUT2D eigenvalue weighted by molar-refractivity contribution is -0.135. The second-order valence-electron chi connectivity index (χ2n) is 2.55. The van der Waals surface area contributed by atoms with E-state index in [1.807, 2.05) is 0 Å². The minimum absolute atomic E-state index is 0.505. The molecule has 1 rings (SSSR count). The SMILES string of the molecule is CC(=O)OC(=O)N1CCCC1. The maximum atomic E-state index is 10.9. The summed E-state index contributed by atoms with van der Waals surface area (Å²) >= 11 is 0. The monoisotopic (exact) mass is 157 g/mol. The number of rotatable bonds is 0. The van der Waals surface area contributed by atoms with Crippen LogP contribution in [0.4, 0.5) is 4.79 Å². The van der Waals surface area contributed by atoms with Crippen LogP contribution in [0, 0.1) is 0 Å². The molecule has 1 aliphatic rings. The molecule has 0 aliphatic carbocycles. The summed E-state index contributed by atoms with van der Waals surface area (Å²) in [4.78, 5) is 22.8. The largest absolute Gasteiger partial charge is 0.417 e. The molecule has 0 aromatic rings. The lowest BCUT2D eigenvalue weighted by atomic mass is 10.4. The predicted molar refractivity (Wildman–Crippen MR) is 38.0 cm³/mol. The van der Waals surface area contributed by atoms with Gasteiger partial charge < -0.3 is 9.64 Å². The highest BCUT2D eigenvalue weighted by Crippen LogP contribution is 2.08. The lowest BCUT2D eigenvalue weighted by Crippen LogP contribution is -2.29. The van der Waals surface area contributed by atoms with Gasteiger partial charge in [0.25, 0.3) is 0 Å². The van der Waals surface area contributed by atoms with E-state index in [9.17, 15) is 9.59 Å². The maximum absolute atomic E-state index is 10.9. The van der Waals surface area contributed by atoms with Crippen molar-refractivity contribution in [2.75, 3.05) is 13.1 Å². The molecular weight excluding hydrogens is 146 g/mol. The number of hydrogen-bond donors (Lipinski definition) is 0. The van der Waals surface area contributed by atoms with Crippen molar-refractivity contribution >= 4 is 12.1 Å². The summed E-state index contributed by atoms with van der Waals surface area (Å²) in [6, 6.07) is 0. The summed E-state index contributed by atoms with van der Waals surface area (Å²) in [5.41, 5.74) is 0. The van der Waals surface area contributed by atoms with Gasteiger partial charge in [0.15, 0.2) is 0 Å². The van der Waals surface area contributed by atoms with E-state index in [1.165, 1.54) is 6.92 Å². The minimum Gasteiger partial charge on any atom is -0.376 e. The van der Waals surface area contributed by atoms with Crippen molar-refractivity contribution < 1.29 is 14.3 Å². The Balaban J connectivity index is 2.34. The first-order chi connectivity index (χ1) is 5.20. The van der Waals surface area contributed by atoms with E-state index in [1.54, 1.807) is 4.90 Å². The molecule has 0 bridgehead atoms. The zero-order chi connectivity index (χ0) is 8.27. The van der Waals surface area contributed by atoms with Gasteiger partial charge >= 0.3 is 12.1 Å². The molecule has 1 aliphatic heterocycles. The number of hydrogen-bond acceptors (Lipinski definition) is 3. The summed E-state index contributed by atoms with van der Waals surface area (Å²) in [6.07, 6.45) is 1.51. The molecule has 0 atom stereocenters. The summed E-state index contributed by atoms with van der Waals surface area (Å²) in [6.45, 7) is 2.66. The zero-order valence-electron chi connectivity index (χ0n) is 6.50. The van der Waals surface area contributed by atoms with Gasteiger partial charge in [-0.15, -0.1) is 0 Å². The molecule has 0 N–H and O–H groups in total. The first-order valence-electron chi connectivity index (χ1n) is 3.67. The van der Waals surface area contributed by atoms with Gasteiger partial charge in [0.1, 0.15) is 0 Å². The molecule has 0 aromatic heterocycles. The zero-order valence-corrected chi connectivity index (χ0v) is 6.50. The standard InChI is InChI=1S/C7H11NO3/c1-6(9)11-7(10)8-4-2-3-5-8/h2-5H2,1H3. The fourth-order valence-corrected chi connectivity index (χ4v) is 1.09. The molecule has 1 heterocycles. The Bertz CT molecular complexity index is 173. The average molecular weight is 157 g/mol. The summed E-state index contributed by atoms with van der Waals surface area (Å²) in [5, 5.41) is 0. The number of amides is 1. The van der Waals surface area contributed by atoms with Crippen LogP contribution in [0.15, 0.2) is 0 Å². The van der Waals surface area contributed by atoms with Crippen LogP contribution in [0.25, 0.3) is 0 Å². The average Bonchev–Trinajstić information content (AvgIpc) is 2.35. The van der Waals surface area contributed by atoms with E-state index >= 15 is 0 Å². The smallest absolute Gasteiger partial charge is 0.376 e. The van der Waals surface area contributed by atoms with E-state index in [0.29, 0.717) is 13.1 Å². The third kappa shape index (κ3) is 2.22. The van der Waals surface area contributed by atoms with Crippen molar-refractivity contribution in [2.24, 2.45) is 0 Å². The van der Waals surface area contributed by atoms with Gasteiger partial charge in [0.2, 0.25) is 0 Å². The number of likely N-dealkylation sites (tertiary alicyclic amines) is 1. The van der Waals surface area contributed by atoms with Crippen molar-refractivity contribution in [1.29, 1.82) is 0 Å². The quantitative estimate of drug-likeness (QED) is 0.385. The molecule has 4 heteroatoms. The summed E-state index contributed by atoms with van der Waals surface area (Å²) in [7, 11) is 0. The van der Waals surface area contributed by atoms with Gasteiger partial charge in [-0.05, 0) is 12.8 Å². The molecule has 0 radical (unpaired) electrons. The number of nitrogens with zero attached hydrogens (tertiary/aromatic N) is 1. The normalized spacial score (nSPS) is 16.6. The predicted octanol–water partition coefficient (Wildman–Crippen LogP) is 0.765. The molecule has 4 nitrogen and oxygen atoms in total. The van der Waals surface area contributed by atoms with E-state index in [4.69, 9.17) is 0 Å². The Morgan fingerprint density at radius 3 is 2.27 bits per heavy atom. The van der Waals surface area contributed by atoms with E-state index in [-0.39, 0.29) is 0 Å². The Kier molecular flexibility index (Phi) is 2.46. The topological polar surface area (TPSA) is 46.6 Å². The van der Waals surface area contributed by atoms with Crippen molar-refractivity contribution in [1.82, 2.24) is 4.90 Å². The second-order valence-corrected chi connectivity index (χ2v) is 2.55. The number of carbonyl (C=O) groups excluding carboxylic acids is 2. The van der Waals surface area contributed by atoms with Gasteiger partial charge in [-0.1, -0.05) is 0 Å². The van der Waals surface area contributed by atoms with Crippen LogP contribution in [0.5, 0.6) is 0 Å². The first-order valence-corrected chi connectivity index (χ1v) is 3.67. The Morgan fingerprint density at radius 2 is 1.82 bits per heavy atom. The fourth-order valence-electron chi connectivity index (χ4n) is 1.09. The molecule has 0 saturated carbocycles. The Morgan fingerprint density at radius 1 is 1.27 bits per heavy atom. The van der Waals surface area contributed by atoms with Crippen LogP contribution in [0.2, 0.25) is 0 Å². The first kappa shape index (κ1) is 8.04. The fraction of sp³-hybridized carbons (Fsp3) is 0.714. The molecule has 0 aromatic carbocycles. The van der Waals surface area contributed by atoms with Crippen molar-refractivity contribution in [3.8, 4) is 0 Å². The van der Waals surface area contributed by atoms with E-state index in [0.717, 1.165) is 12.8 Å². The van der Waals surface area contributed by atoms with Crippen LogP contribution < -0.4 is 0 Å². The molecule has 1 saturated heterocycles. The highest BCUT2D eigenvalue weighted by Gasteiger charge is 2.19. The molecular formula is C7H11NO3. The lowest BCUT2D eigenvalue weighted by Gasteiger charge is -2.12. The van der Waals surface area contributed by atoms with Crippen LogP contribution in [-0.2, 0) is 9.53 Å². The summed E-state index contributed by atoms with van der Waals surface area (Å²) in [5.74, 6) is -0.540. The minimum atomic E-state index is -0.540. The van der Waals surface area contributed by atoms with E-state index in [2.05, 4.69) is 4.74 Å². The van der Waals surface area contributed by atoms with E-state index < -0.39 is 12.1 Å². The van der Waals surface area contributed by atoms with Gasteiger partial charge in [-0.3, -0.25) is 4.79 Å². The molecule has 11 heavy (non-hydrogen) atoms. The molecule has 62 valence electrons.